The Morgan fingerprint density at radius 1 is 1.06 bits per heavy atom. The molecule has 4 rings (SSSR count). The Labute approximate surface area is 194 Å². The second kappa shape index (κ2) is 8.92. The van der Waals surface area contributed by atoms with Crippen molar-refractivity contribution in [2.24, 2.45) is 46.3 Å². The maximum absolute atomic E-state index is 11.7. The van der Waals surface area contributed by atoms with E-state index in [2.05, 4.69) is 20.8 Å². The van der Waals surface area contributed by atoms with Gasteiger partial charge in [-0.2, -0.15) is 0 Å². The van der Waals surface area contributed by atoms with E-state index in [0.717, 1.165) is 32.1 Å². The van der Waals surface area contributed by atoms with Crippen LogP contribution < -0.4 is 0 Å². The van der Waals surface area contributed by atoms with E-state index >= 15 is 0 Å². The normalized spacial score (nSPS) is 46.4. The fourth-order valence-electron chi connectivity index (χ4n) is 9.13. The van der Waals surface area contributed by atoms with Crippen molar-refractivity contribution >= 4 is 11.9 Å². The van der Waals surface area contributed by atoms with Crippen LogP contribution in [0.4, 0.5) is 0 Å². The molecule has 0 amide bonds. The van der Waals surface area contributed by atoms with Crippen LogP contribution in [0, 0.1) is 46.3 Å². The van der Waals surface area contributed by atoms with Gasteiger partial charge >= 0.3 is 11.9 Å². The Hall–Kier alpha value is -1.10. The summed E-state index contributed by atoms with van der Waals surface area (Å²) in [5.74, 6) is 3.02. The SMILES string of the molecule is COC(=O)CC[C@@H](C)[C@H]1CC[C@H]2[C@@H]3CC[C@@H]4C[C@H](OC(C)=O)CC[C@]4(C)[C@H]3C[C@@H](O)[C@]12C. The molecule has 182 valence electrons. The van der Waals surface area contributed by atoms with Crippen LogP contribution in [-0.2, 0) is 19.1 Å². The standard InChI is InChI=1S/C27H44O5/c1-16(6-11-25(30)31-5)21-9-10-22-20-8-7-18-14-19(32-17(2)28)12-13-26(18,3)23(20)15-24(29)27(21,22)4/h16,18-24,29H,6-15H2,1-5H3/t16-,18-,19-,20+,21-,22+,23+,24-,26+,27-/m1/s1. The number of esters is 2. The third-order valence-electron chi connectivity index (χ3n) is 10.8. The highest BCUT2D eigenvalue weighted by molar-refractivity contribution is 5.69. The summed E-state index contributed by atoms with van der Waals surface area (Å²) in [6.45, 7) is 8.62. The van der Waals surface area contributed by atoms with Crippen molar-refractivity contribution in [1.82, 2.24) is 0 Å². The predicted octanol–water partition coefficient (Wildman–Crippen LogP) is 5.14. The molecule has 4 aliphatic rings. The summed E-state index contributed by atoms with van der Waals surface area (Å²) in [6.07, 6.45) is 9.92. The van der Waals surface area contributed by atoms with Crippen molar-refractivity contribution in [3.8, 4) is 0 Å². The monoisotopic (exact) mass is 448 g/mol. The maximum atomic E-state index is 11.7. The molecule has 0 aromatic heterocycles. The number of methoxy groups -OCH3 is 1. The summed E-state index contributed by atoms with van der Waals surface area (Å²) in [6, 6.07) is 0. The van der Waals surface area contributed by atoms with Crippen LogP contribution in [0.1, 0.15) is 91.9 Å². The highest BCUT2D eigenvalue weighted by Crippen LogP contribution is 2.68. The lowest BCUT2D eigenvalue weighted by atomic mass is 9.43. The minimum absolute atomic E-state index is 0.0468. The van der Waals surface area contributed by atoms with Crippen molar-refractivity contribution in [2.75, 3.05) is 7.11 Å². The first-order chi connectivity index (χ1) is 15.1. The summed E-state index contributed by atoms with van der Waals surface area (Å²) in [5.41, 5.74) is 0.200. The number of carbonyl (C=O) groups is 2. The van der Waals surface area contributed by atoms with Gasteiger partial charge in [-0.05, 0) is 104 Å². The number of aliphatic hydroxyl groups is 1. The van der Waals surface area contributed by atoms with E-state index < -0.39 is 0 Å². The van der Waals surface area contributed by atoms with E-state index in [1.165, 1.54) is 39.7 Å². The number of fused-ring (bicyclic) bond motifs is 5. The molecule has 4 fully saturated rings. The predicted molar refractivity (Wildman–Crippen MR) is 123 cm³/mol. The Morgan fingerprint density at radius 3 is 2.50 bits per heavy atom. The van der Waals surface area contributed by atoms with Crippen LogP contribution in [-0.4, -0.2) is 36.4 Å². The quantitative estimate of drug-likeness (QED) is 0.590. The summed E-state index contributed by atoms with van der Waals surface area (Å²) >= 11 is 0. The molecule has 0 unspecified atom stereocenters. The topological polar surface area (TPSA) is 72.8 Å². The van der Waals surface area contributed by atoms with Crippen molar-refractivity contribution in [2.45, 2.75) is 104 Å². The molecule has 5 heteroatoms. The molecule has 0 radical (unpaired) electrons. The van der Waals surface area contributed by atoms with Gasteiger partial charge in [-0.1, -0.05) is 20.8 Å². The van der Waals surface area contributed by atoms with E-state index in [0.29, 0.717) is 41.9 Å². The Balaban J connectivity index is 1.50. The number of carbonyl (C=O) groups excluding carboxylic acids is 2. The van der Waals surface area contributed by atoms with Gasteiger partial charge in [-0.3, -0.25) is 9.59 Å². The molecule has 0 aromatic carbocycles. The lowest BCUT2D eigenvalue weighted by Crippen LogP contribution is -2.59. The van der Waals surface area contributed by atoms with Crippen LogP contribution in [0.5, 0.6) is 0 Å². The zero-order valence-electron chi connectivity index (χ0n) is 20.8. The number of ether oxygens (including phenoxy) is 2. The third-order valence-corrected chi connectivity index (χ3v) is 10.8. The van der Waals surface area contributed by atoms with E-state index in [-0.39, 0.29) is 35.0 Å². The number of rotatable bonds is 5. The lowest BCUT2D eigenvalue weighted by Gasteiger charge is -2.62. The van der Waals surface area contributed by atoms with Crippen LogP contribution in [0.15, 0.2) is 0 Å². The van der Waals surface area contributed by atoms with Gasteiger partial charge in [0.05, 0.1) is 13.2 Å². The van der Waals surface area contributed by atoms with Gasteiger partial charge in [0, 0.05) is 13.3 Å². The van der Waals surface area contributed by atoms with Crippen molar-refractivity contribution in [3.05, 3.63) is 0 Å². The summed E-state index contributed by atoms with van der Waals surface area (Å²) in [4.78, 5) is 23.2. The average Bonchev–Trinajstić information content (AvgIpc) is 3.11. The smallest absolute Gasteiger partial charge is 0.305 e. The second-order valence-electron chi connectivity index (χ2n) is 12.1. The highest BCUT2D eigenvalue weighted by atomic mass is 16.5. The molecule has 4 saturated carbocycles. The van der Waals surface area contributed by atoms with Crippen LogP contribution in [0.2, 0.25) is 0 Å². The largest absolute Gasteiger partial charge is 0.469 e. The van der Waals surface area contributed by atoms with Gasteiger partial charge in [0.2, 0.25) is 0 Å². The molecule has 5 nitrogen and oxygen atoms in total. The molecule has 4 aliphatic carbocycles. The van der Waals surface area contributed by atoms with E-state index in [1.807, 2.05) is 0 Å². The minimum Gasteiger partial charge on any atom is -0.469 e. The van der Waals surface area contributed by atoms with E-state index in [9.17, 15) is 14.7 Å². The molecule has 0 spiro atoms. The van der Waals surface area contributed by atoms with Crippen LogP contribution in [0.3, 0.4) is 0 Å². The van der Waals surface area contributed by atoms with Gasteiger partial charge in [0.1, 0.15) is 6.10 Å². The summed E-state index contributed by atoms with van der Waals surface area (Å²) in [7, 11) is 1.46. The van der Waals surface area contributed by atoms with Crippen LogP contribution in [0.25, 0.3) is 0 Å². The van der Waals surface area contributed by atoms with E-state index in [1.54, 1.807) is 0 Å². The summed E-state index contributed by atoms with van der Waals surface area (Å²) in [5, 5.41) is 11.6. The highest BCUT2D eigenvalue weighted by Gasteiger charge is 2.63. The van der Waals surface area contributed by atoms with Gasteiger partial charge in [0.25, 0.3) is 0 Å². The zero-order valence-corrected chi connectivity index (χ0v) is 20.8. The molecule has 10 atom stereocenters. The number of aliphatic hydroxyl groups excluding tert-OH is 1. The summed E-state index contributed by atoms with van der Waals surface area (Å²) < 4.78 is 10.5. The maximum Gasteiger partial charge on any atom is 0.305 e. The van der Waals surface area contributed by atoms with Gasteiger partial charge in [0.15, 0.2) is 0 Å². The molecule has 0 bridgehead atoms. The molecular formula is C27H44O5. The van der Waals surface area contributed by atoms with Crippen molar-refractivity contribution in [3.63, 3.8) is 0 Å². The number of hydrogen-bond acceptors (Lipinski definition) is 5. The van der Waals surface area contributed by atoms with Crippen LogP contribution >= 0.6 is 0 Å². The molecule has 0 aliphatic heterocycles. The third kappa shape index (κ3) is 3.91. The molecule has 0 aromatic rings. The van der Waals surface area contributed by atoms with E-state index in [4.69, 9.17) is 9.47 Å². The van der Waals surface area contributed by atoms with Gasteiger partial charge in [-0.15, -0.1) is 0 Å². The first kappa shape index (κ1) is 24.0. The van der Waals surface area contributed by atoms with Crippen molar-refractivity contribution < 1.29 is 24.2 Å². The Bertz CT molecular complexity index is 721. The Morgan fingerprint density at radius 2 is 1.81 bits per heavy atom. The first-order valence-corrected chi connectivity index (χ1v) is 13.0. The minimum atomic E-state index is -0.274. The van der Waals surface area contributed by atoms with Gasteiger partial charge < -0.3 is 14.6 Å². The molecule has 1 N–H and O–H groups in total. The van der Waals surface area contributed by atoms with Gasteiger partial charge in [-0.25, -0.2) is 0 Å². The lowest BCUT2D eigenvalue weighted by molar-refractivity contribution is -0.181. The fraction of sp³-hybridized carbons (Fsp3) is 0.926. The fourth-order valence-corrected chi connectivity index (χ4v) is 9.13. The first-order valence-electron chi connectivity index (χ1n) is 13.0. The second-order valence-corrected chi connectivity index (χ2v) is 12.1. The Kier molecular flexibility index (Phi) is 6.70. The molecular weight excluding hydrogens is 404 g/mol. The van der Waals surface area contributed by atoms with Crippen molar-refractivity contribution in [1.29, 1.82) is 0 Å². The zero-order chi connectivity index (χ0) is 23.3. The molecule has 0 saturated heterocycles. The average molecular weight is 449 g/mol. The molecule has 32 heavy (non-hydrogen) atoms. The molecule has 0 heterocycles. The number of hydrogen-bond donors (Lipinski definition) is 1.